The average molecular weight is 426 g/mol. The Morgan fingerprint density at radius 2 is 1.50 bits per heavy atom. The first kappa shape index (κ1) is 17.7. The van der Waals surface area contributed by atoms with Crippen molar-refractivity contribution in [1.29, 1.82) is 0 Å². The number of aromatic nitrogens is 1. The van der Waals surface area contributed by atoms with Crippen molar-refractivity contribution in [3.05, 3.63) is 65.9 Å². The Morgan fingerprint density at radius 1 is 0.750 bits per heavy atom. The smallest absolute Gasteiger partial charge is 0.240 e. The Bertz CT molecular complexity index is 1390. The number of fused-ring (bicyclic) bond motifs is 9. The van der Waals surface area contributed by atoms with Gasteiger partial charge in [0.25, 0.3) is 0 Å². The van der Waals surface area contributed by atoms with Crippen LogP contribution in [-0.4, -0.2) is 34.7 Å². The molecule has 4 aliphatic rings. The number of para-hydroxylation sites is 2. The van der Waals surface area contributed by atoms with E-state index < -0.39 is 52.8 Å². The second-order valence-corrected chi connectivity index (χ2v) is 9.05. The van der Waals surface area contributed by atoms with Gasteiger partial charge < -0.3 is 10.3 Å². The molecule has 2 unspecified atom stereocenters. The molecule has 8 heteroatoms. The maximum Gasteiger partial charge on any atom is 0.240 e. The molecule has 4 heterocycles. The normalized spacial score (nSPS) is 34.4. The van der Waals surface area contributed by atoms with Crippen LogP contribution in [0.4, 0.5) is 5.69 Å². The molecule has 6 atom stereocenters. The van der Waals surface area contributed by atoms with Gasteiger partial charge in [0.05, 0.1) is 23.8 Å². The maximum atomic E-state index is 13.8. The van der Waals surface area contributed by atoms with Crippen LogP contribution < -0.4 is 16.0 Å². The minimum Gasteiger partial charge on any atom is -0.380 e. The molecule has 3 fully saturated rings. The summed E-state index contributed by atoms with van der Waals surface area (Å²) in [6, 6.07) is 14.6. The Morgan fingerprint density at radius 3 is 2.38 bits per heavy atom. The molecule has 1 aromatic heterocycles. The molecule has 2 aromatic carbocycles. The van der Waals surface area contributed by atoms with Crippen LogP contribution in [-0.2, 0) is 24.6 Å². The number of H-pyrrole nitrogens is 1. The second kappa shape index (κ2) is 5.64. The fraction of sp³-hybridized carbons (Fsp3) is 0.250. The van der Waals surface area contributed by atoms with E-state index in [0.717, 1.165) is 22.2 Å². The average Bonchev–Trinajstić information content (AvgIpc) is 3.51. The first-order valence-corrected chi connectivity index (χ1v) is 10.7. The summed E-state index contributed by atoms with van der Waals surface area (Å²) in [4.78, 5) is 56.2. The van der Waals surface area contributed by atoms with Gasteiger partial charge in [-0.05, 0) is 23.3 Å². The van der Waals surface area contributed by atoms with E-state index in [4.69, 9.17) is 0 Å². The Balaban J connectivity index is 1.58. The van der Waals surface area contributed by atoms with Gasteiger partial charge in [0.15, 0.2) is 0 Å². The SMILES string of the molecule is O=C1NC(=O)[C@@H]2C3c4ccccc4NC3[C@]3(c4c[nH]c5ccccc45)C(=O)NC(=O)[C@@H]3[C@H]12. The number of anilines is 1. The zero-order valence-electron chi connectivity index (χ0n) is 16.7. The van der Waals surface area contributed by atoms with Crippen molar-refractivity contribution in [3.8, 4) is 0 Å². The summed E-state index contributed by atoms with van der Waals surface area (Å²) in [6.07, 6.45) is 1.77. The Hall–Kier alpha value is -3.94. The first-order chi connectivity index (χ1) is 15.5. The highest BCUT2D eigenvalue weighted by Gasteiger charge is 2.75. The fourth-order valence-electron chi connectivity index (χ4n) is 6.81. The van der Waals surface area contributed by atoms with E-state index in [2.05, 4.69) is 20.9 Å². The van der Waals surface area contributed by atoms with Crippen molar-refractivity contribution in [1.82, 2.24) is 15.6 Å². The van der Waals surface area contributed by atoms with Gasteiger partial charge in [0, 0.05) is 28.7 Å². The monoisotopic (exact) mass is 426 g/mol. The highest BCUT2D eigenvalue weighted by atomic mass is 16.2. The van der Waals surface area contributed by atoms with E-state index in [1.165, 1.54) is 0 Å². The largest absolute Gasteiger partial charge is 0.380 e. The number of rotatable bonds is 1. The number of hydrogen-bond acceptors (Lipinski definition) is 5. The summed E-state index contributed by atoms with van der Waals surface area (Å²) in [6.45, 7) is 0. The molecule has 0 radical (unpaired) electrons. The van der Waals surface area contributed by atoms with Gasteiger partial charge in [0.2, 0.25) is 23.6 Å². The van der Waals surface area contributed by atoms with Crippen LogP contribution in [0.2, 0.25) is 0 Å². The van der Waals surface area contributed by atoms with E-state index in [1.54, 1.807) is 6.20 Å². The van der Waals surface area contributed by atoms with Crippen LogP contribution in [0.25, 0.3) is 10.9 Å². The lowest BCUT2D eigenvalue weighted by atomic mass is 9.51. The number of carbonyl (C=O) groups is 4. The summed E-state index contributed by atoms with van der Waals surface area (Å²) in [5.74, 6) is -4.86. The lowest BCUT2D eigenvalue weighted by molar-refractivity contribution is -0.137. The van der Waals surface area contributed by atoms with Gasteiger partial charge in [-0.1, -0.05) is 36.4 Å². The van der Waals surface area contributed by atoms with Gasteiger partial charge in [-0.25, -0.2) is 0 Å². The van der Waals surface area contributed by atoms with Crippen LogP contribution >= 0.6 is 0 Å². The lowest BCUT2D eigenvalue weighted by Gasteiger charge is -2.48. The van der Waals surface area contributed by atoms with Crippen LogP contribution in [0, 0.1) is 17.8 Å². The first-order valence-electron chi connectivity index (χ1n) is 10.7. The van der Waals surface area contributed by atoms with Crippen LogP contribution in [0.5, 0.6) is 0 Å². The minimum absolute atomic E-state index is 0.381. The van der Waals surface area contributed by atoms with Crippen LogP contribution in [0.3, 0.4) is 0 Å². The summed E-state index contributed by atoms with van der Waals surface area (Å²) < 4.78 is 0. The van der Waals surface area contributed by atoms with Gasteiger partial charge in [0.1, 0.15) is 5.41 Å². The van der Waals surface area contributed by atoms with E-state index in [-0.39, 0.29) is 5.91 Å². The highest BCUT2D eigenvalue weighted by molar-refractivity contribution is 6.18. The van der Waals surface area contributed by atoms with Crippen LogP contribution in [0.1, 0.15) is 17.0 Å². The van der Waals surface area contributed by atoms with Gasteiger partial charge >= 0.3 is 0 Å². The van der Waals surface area contributed by atoms with Crippen molar-refractivity contribution >= 4 is 40.2 Å². The van der Waals surface area contributed by atoms with Gasteiger partial charge in [-0.3, -0.25) is 29.8 Å². The molecule has 3 aliphatic heterocycles. The molecular formula is C24H18N4O4. The van der Waals surface area contributed by atoms with Crippen molar-refractivity contribution in [2.75, 3.05) is 5.32 Å². The number of hydrogen-bond donors (Lipinski definition) is 4. The zero-order chi connectivity index (χ0) is 21.8. The zero-order valence-corrected chi connectivity index (χ0v) is 16.7. The topological polar surface area (TPSA) is 120 Å². The summed E-state index contributed by atoms with van der Waals surface area (Å²) in [5.41, 5.74) is 1.87. The van der Waals surface area contributed by atoms with E-state index in [0.29, 0.717) is 5.56 Å². The lowest BCUT2D eigenvalue weighted by Crippen LogP contribution is -2.62. The third-order valence-electron chi connectivity index (χ3n) is 7.89. The molecule has 32 heavy (non-hydrogen) atoms. The molecule has 4 N–H and O–H groups in total. The Labute approximate surface area is 181 Å². The number of carbonyl (C=O) groups excluding carboxylic acids is 4. The van der Waals surface area contributed by atoms with Gasteiger partial charge in [-0.2, -0.15) is 0 Å². The van der Waals surface area contributed by atoms with Crippen molar-refractivity contribution < 1.29 is 19.2 Å². The van der Waals surface area contributed by atoms with Crippen molar-refractivity contribution in [3.63, 3.8) is 0 Å². The number of benzene rings is 2. The number of imide groups is 2. The van der Waals surface area contributed by atoms with E-state index in [9.17, 15) is 19.2 Å². The maximum absolute atomic E-state index is 13.8. The highest BCUT2D eigenvalue weighted by Crippen LogP contribution is 2.62. The predicted octanol–water partition coefficient (Wildman–Crippen LogP) is 1.16. The molecular weight excluding hydrogens is 408 g/mol. The summed E-state index contributed by atoms with van der Waals surface area (Å²) >= 11 is 0. The number of aromatic amines is 1. The molecule has 4 amide bonds. The standard InChI is InChI=1S/C24H18N4O4/c29-20-16-15-11-6-2-4-8-14(11)26-19(15)24(12-9-25-13-7-3-1-5-10(12)13)18(17(16)21(30)27-20)22(31)28-23(24)32/h1-9,15-19,25-26H,(H,27,29,30)(H,28,31,32)/t15?,16-,17-,18+,19?,24-/m1/s1. The molecule has 0 spiro atoms. The minimum atomic E-state index is -1.34. The summed E-state index contributed by atoms with van der Waals surface area (Å²) in [5, 5.41) is 9.27. The van der Waals surface area contributed by atoms with E-state index in [1.807, 2.05) is 48.5 Å². The third kappa shape index (κ3) is 1.81. The quantitative estimate of drug-likeness (QED) is 0.435. The van der Waals surface area contributed by atoms with Crippen LogP contribution in [0.15, 0.2) is 54.7 Å². The molecule has 3 aromatic rings. The summed E-state index contributed by atoms with van der Waals surface area (Å²) in [7, 11) is 0. The molecule has 1 saturated carbocycles. The van der Waals surface area contributed by atoms with E-state index >= 15 is 0 Å². The molecule has 0 bridgehead atoms. The fourth-order valence-corrected chi connectivity index (χ4v) is 6.81. The third-order valence-corrected chi connectivity index (χ3v) is 7.89. The molecule has 158 valence electrons. The second-order valence-electron chi connectivity index (χ2n) is 9.05. The molecule has 2 saturated heterocycles. The number of nitrogens with one attached hydrogen (secondary N) is 4. The van der Waals surface area contributed by atoms with Gasteiger partial charge in [-0.15, -0.1) is 0 Å². The number of amides is 4. The molecule has 1 aliphatic carbocycles. The van der Waals surface area contributed by atoms with Crippen molar-refractivity contribution in [2.45, 2.75) is 17.4 Å². The van der Waals surface area contributed by atoms with Crippen molar-refractivity contribution in [2.24, 2.45) is 17.8 Å². The predicted molar refractivity (Wildman–Crippen MR) is 113 cm³/mol. The molecule has 7 rings (SSSR count). The Kier molecular flexibility index (Phi) is 3.12. The molecule has 8 nitrogen and oxygen atoms in total.